The van der Waals surface area contributed by atoms with Crippen LogP contribution in [-0.4, -0.2) is 12.8 Å². The second-order valence-electron chi connectivity index (χ2n) is 2.80. The van der Waals surface area contributed by atoms with E-state index in [9.17, 15) is 13.2 Å². The van der Waals surface area contributed by atoms with Crippen LogP contribution in [0.3, 0.4) is 0 Å². The van der Waals surface area contributed by atoms with Gasteiger partial charge in [-0.05, 0) is 24.6 Å². The van der Waals surface area contributed by atoms with Crippen LogP contribution >= 0.6 is 0 Å². The zero-order valence-electron chi connectivity index (χ0n) is 7.47. The quantitative estimate of drug-likeness (QED) is 0.683. The van der Waals surface area contributed by atoms with Crippen molar-refractivity contribution in [3.63, 3.8) is 0 Å². The molecular weight excluding hydrogens is 193 g/mol. The van der Waals surface area contributed by atoms with E-state index in [0.717, 1.165) is 0 Å². The molecule has 0 N–H and O–H groups in total. The standard InChI is InChI=1S/C10H10F3O/c11-10(12,13)7-4-8-14-9-5-2-1-3-6-9/h2-3,5-6H,4,7-8H2. The second-order valence-corrected chi connectivity index (χ2v) is 2.80. The normalized spacial score (nSPS) is 11.4. The Labute approximate surface area is 80.5 Å². The summed E-state index contributed by atoms with van der Waals surface area (Å²) in [6.45, 7) is 0.0868. The number of alkyl halides is 3. The van der Waals surface area contributed by atoms with Gasteiger partial charge in [-0.15, -0.1) is 0 Å². The third kappa shape index (κ3) is 4.74. The molecular formula is C10H10F3O. The van der Waals surface area contributed by atoms with E-state index in [1.807, 2.05) is 0 Å². The molecule has 0 amide bonds. The lowest BCUT2D eigenvalue weighted by molar-refractivity contribution is -0.136. The van der Waals surface area contributed by atoms with Gasteiger partial charge in [0, 0.05) is 6.42 Å². The molecule has 1 aromatic rings. The SMILES string of the molecule is FC(F)(F)CCCOc1cc[c]cc1. The zero-order chi connectivity index (χ0) is 10.4. The van der Waals surface area contributed by atoms with Crippen LogP contribution in [0.4, 0.5) is 13.2 Å². The third-order valence-corrected chi connectivity index (χ3v) is 1.56. The predicted molar refractivity (Wildman–Crippen MR) is 46.1 cm³/mol. The van der Waals surface area contributed by atoms with E-state index in [4.69, 9.17) is 4.74 Å². The van der Waals surface area contributed by atoms with Gasteiger partial charge in [0.05, 0.1) is 6.61 Å². The van der Waals surface area contributed by atoms with E-state index < -0.39 is 12.6 Å². The van der Waals surface area contributed by atoms with Crippen molar-refractivity contribution in [2.75, 3.05) is 6.61 Å². The fourth-order valence-electron chi connectivity index (χ4n) is 0.930. The minimum absolute atomic E-state index is 0.0118. The fraction of sp³-hybridized carbons (Fsp3) is 0.400. The zero-order valence-corrected chi connectivity index (χ0v) is 7.47. The van der Waals surface area contributed by atoms with Crippen LogP contribution in [0.15, 0.2) is 24.3 Å². The molecule has 0 saturated heterocycles. The summed E-state index contributed by atoms with van der Waals surface area (Å²) in [4.78, 5) is 0. The summed E-state index contributed by atoms with van der Waals surface area (Å²) in [6.07, 6.45) is -4.90. The minimum atomic E-state index is -4.09. The van der Waals surface area contributed by atoms with Gasteiger partial charge in [0.2, 0.25) is 0 Å². The van der Waals surface area contributed by atoms with Crippen molar-refractivity contribution in [1.82, 2.24) is 0 Å². The Morgan fingerprint density at radius 2 is 1.86 bits per heavy atom. The van der Waals surface area contributed by atoms with Gasteiger partial charge in [-0.1, -0.05) is 12.1 Å². The third-order valence-electron chi connectivity index (χ3n) is 1.56. The van der Waals surface area contributed by atoms with Crippen LogP contribution in [0.2, 0.25) is 0 Å². The predicted octanol–water partition coefficient (Wildman–Crippen LogP) is 3.21. The Hall–Kier alpha value is -1.19. The molecule has 1 rings (SSSR count). The maximum Gasteiger partial charge on any atom is 0.389 e. The molecule has 0 aliphatic rings. The van der Waals surface area contributed by atoms with Crippen molar-refractivity contribution in [2.24, 2.45) is 0 Å². The highest BCUT2D eigenvalue weighted by Crippen LogP contribution is 2.21. The molecule has 1 radical (unpaired) electrons. The summed E-state index contributed by atoms with van der Waals surface area (Å²) in [5, 5.41) is 0. The molecule has 1 aromatic carbocycles. The number of rotatable bonds is 4. The smallest absolute Gasteiger partial charge is 0.389 e. The summed E-state index contributed by atoms with van der Waals surface area (Å²) in [5.74, 6) is 0.575. The molecule has 77 valence electrons. The van der Waals surface area contributed by atoms with Gasteiger partial charge >= 0.3 is 6.18 Å². The Kier molecular flexibility index (Phi) is 3.80. The van der Waals surface area contributed by atoms with Crippen LogP contribution in [0.25, 0.3) is 0 Å². The van der Waals surface area contributed by atoms with Crippen molar-refractivity contribution in [2.45, 2.75) is 19.0 Å². The van der Waals surface area contributed by atoms with Crippen molar-refractivity contribution in [1.29, 1.82) is 0 Å². The Morgan fingerprint density at radius 3 is 2.43 bits per heavy atom. The molecule has 0 aromatic heterocycles. The molecule has 4 heteroatoms. The number of hydrogen-bond donors (Lipinski definition) is 0. The molecule has 0 aliphatic heterocycles. The Balaban J connectivity index is 2.17. The lowest BCUT2D eigenvalue weighted by atomic mass is 10.3. The number of hydrogen-bond acceptors (Lipinski definition) is 1. The highest BCUT2D eigenvalue weighted by molar-refractivity contribution is 5.20. The van der Waals surface area contributed by atoms with Gasteiger partial charge in [0.15, 0.2) is 0 Å². The monoisotopic (exact) mass is 203 g/mol. The molecule has 0 unspecified atom stereocenters. The van der Waals surface area contributed by atoms with Crippen LogP contribution in [0, 0.1) is 6.07 Å². The van der Waals surface area contributed by atoms with Crippen LogP contribution in [-0.2, 0) is 0 Å². The summed E-state index contributed by atoms with van der Waals surface area (Å²) in [7, 11) is 0. The molecule has 0 fully saturated rings. The van der Waals surface area contributed by atoms with Gasteiger partial charge in [-0.25, -0.2) is 0 Å². The van der Waals surface area contributed by atoms with Crippen LogP contribution < -0.4 is 4.74 Å². The first-order valence-electron chi connectivity index (χ1n) is 4.23. The lowest BCUT2D eigenvalue weighted by Gasteiger charge is -2.07. The Bertz CT molecular complexity index is 256. The van der Waals surface area contributed by atoms with Crippen molar-refractivity contribution in [3.8, 4) is 5.75 Å². The van der Waals surface area contributed by atoms with E-state index in [0.29, 0.717) is 5.75 Å². The van der Waals surface area contributed by atoms with Crippen molar-refractivity contribution in [3.05, 3.63) is 30.3 Å². The number of benzene rings is 1. The summed E-state index contributed by atoms with van der Waals surface area (Å²) in [6, 6.07) is 9.41. The molecule has 1 nitrogen and oxygen atoms in total. The maximum absolute atomic E-state index is 11.7. The number of halogens is 3. The van der Waals surface area contributed by atoms with E-state index in [1.165, 1.54) is 0 Å². The fourth-order valence-corrected chi connectivity index (χ4v) is 0.930. The van der Waals surface area contributed by atoms with Crippen molar-refractivity contribution >= 4 is 0 Å². The first kappa shape index (κ1) is 10.9. The van der Waals surface area contributed by atoms with E-state index in [-0.39, 0.29) is 13.0 Å². The average molecular weight is 203 g/mol. The molecule has 0 saturated carbocycles. The molecule has 0 spiro atoms. The second kappa shape index (κ2) is 4.88. The molecule has 0 heterocycles. The summed E-state index contributed by atoms with van der Waals surface area (Å²) >= 11 is 0. The van der Waals surface area contributed by atoms with Gasteiger partial charge in [0.1, 0.15) is 5.75 Å². The largest absolute Gasteiger partial charge is 0.494 e. The lowest BCUT2D eigenvalue weighted by Crippen LogP contribution is -2.09. The van der Waals surface area contributed by atoms with Crippen LogP contribution in [0.1, 0.15) is 12.8 Å². The molecule has 14 heavy (non-hydrogen) atoms. The van der Waals surface area contributed by atoms with Crippen molar-refractivity contribution < 1.29 is 17.9 Å². The minimum Gasteiger partial charge on any atom is -0.494 e. The Morgan fingerprint density at radius 1 is 1.21 bits per heavy atom. The topological polar surface area (TPSA) is 9.23 Å². The van der Waals surface area contributed by atoms with Gasteiger partial charge < -0.3 is 4.74 Å². The molecule has 0 bridgehead atoms. The number of ether oxygens (including phenoxy) is 1. The van der Waals surface area contributed by atoms with Gasteiger partial charge in [-0.2, -0.15) is 13.2 Å². The van der Waals surface area contributed by atoms with E-state index >= 15 is 0 Å². The van der Waals surface area contributed by atoms with Gasteiger partial charge in [-0.3, -0.25) is 0 Å². The maximum atomic E-state index is 11.7. The van der Waals surface area contributed by atoms with Crippen LogP contribution in [0.5, 0.6) is 5.75 Å². The average Bonchev–Trinajstić information content (AvgIpc) is 2.13. The first-order chi connectivity index (χ1) is 6.58. The first-order valence-corrected chi connectivity index (χ1v) is 4.23. The summed E-state index contributed by atoms with van der Waals surface area (Å²) in [5.41, 5.74) is 0. The molecule has 0 aliphatic carbocycles. The molecule has 0 atom stereocenters. The highest BCUT2D eigenvalue weighted by Gasteiger charge is 2.25. The van der Waals surface area contributed by atoms with E-state index in [1.54, 1.807) is 24.3 Å². The highest BCUT2D eigenvalue weighted by atomic mass is 19.4. The van der Waals surface area contributed by atoms with E-state index in [2.05, 4.69) is 6.07 Å². The summed E-state index contributed by atoms with van der Waals surface area (Å²) < 4.78 is 40.2. The van der Waals surface area contributed by atoms with Gasteiger partial charge in [0.25, 0.3) is 0 Å².